The van der Waals surface area contributed by atoms with E-state index < -0.39 is 6.55 Å². The fraction of sp³-hybridized carbons (Fsp3) is 0.462. The van der Waals surface area contributed by atoms with Gasteiger partial charge >= 0.3 is 6.55 Å². The number of aromatic nitrogens is 2. The lowest BCUT2D eigenvalue weighted by Gasteiger charge is -2.19. The lowest BCUT2D eigenvalue weighted by molar-refractivity contribution is 0.0573. The molecule has 1 aromatic carbocycles. The van der Waals surface area contributed by atoms with E-state index in [2.05, 4.69) is 25.9 Å². The Bertz CT molecular complexity index is 570. The molecule has 0 radical (unpaired) electrons. The van der Waals surface area contributed by atoms with E-state index >= 15 is 0 Å². The van der Waals surface area contributed by atoms with E-state index in [4.69, 9.17) is 4.74 Å². The molecule has 5 heteroatoms. The van der Waals surface area contributed by atoms with Crippen molar-refractivity contribution in [1.29, 1.82) is 0 Å². The number of benzene rings is 1. The third kappa shape index (κ3) is 2.17. The normalized spacial score (nSPS) is 12.4. The Morgan fingerprint density at radius 1 is 1.28 bits per heavy atom. The molecule has 0 spiro atoms. The van der Waals surface area contributed by atoms with Gasteiger partial charge in [0.25, 0.3) is 0 Å². The van der Waals surface area contributed by atoms with Crippen LogP contribution in [0.15, 0.2) is 18.3 Å². The highest BCUT2D eigenvalue weighted by Crippen LogP contribution is 2.33. The number of ether oxygens (including phenoxy) is 1. The highest BCUT2D eigenvalue weighted by molar-refractivity contribution is 5.85. The van der Waals surface area contributed by atoms with Gasteiger partial charge in [0.2, 0.25) is 0 Å². The Morgan fingerprint density at radius 3 is 2.44 bits per heavy atom. The van der Waals surface area contributed by atoms with Crippen LogP contribution in [0.5, 0.6) is 5.75 Å². The van der Waals surface area contributed by atoms with Crippen molar-refractivity contribution in [3.63, 3.8) is 0 Å². The van der Waals surface area contributed by atoms with Crippen LogP contribution >= 0.6 is 0 Å². The molecule has 0 bridgehead atoms. The van der Waals surface area contributed by atoms with Crippen molar-refractivity contribution >= 4 is 10.9 Å². The molecule has 2 aromatic rings. The van der Waals surface area contributed by atoms with Gasteiger partial charge in [0.1, 0.15) is 11.3 Å². The number of rotatable bonds is 2. The molecule has 0 atom stereocenters. The number of nitrogens with zero attached hydrogens (tertiary/aromatic N) is 2. The van der Waals surface area contributed by atoms with Gasteiger partial charge in [-0.3, -0.25) is 0 Å². The summed E-state index contributed by atoms with van der Waals surface area (Å²) in [6.07, 6.45) is 1.34. The van der Waals surface area contributed by atoms with Crippen LogP contribution in [0.3, 0.4) is 0 Å². The second kappa shape index (κ2) is 4.23. The smallest absolute Gasteiger partial charge is 0.333 e. The molecule has 98 valence electrons. The molecule has 3 nitrogen and oxygen atoms in total. The molecule has 0 saturated heterocycles. The second-order valence-electron chi connectivity index (χ2n) is 5.25. The number of alkyl halides is 2. The highest BCUT2D eigenvalue weighted by Gasteiger charge is 2.19. The first kappa shape index (κ1) is 12.8. The molecular formula is C13H16F2N2O. The molecule has 1 aromatic heterocycles. The van der Waals surface area contributed by atoms with Crippen molar-refractivity contribution in [2.24, 2.45) is 0 Å². The minimum Gasteiger partial charge on any atom is -0.494 e. The second-order valence-corrected chi connectivity index (χ2v) is 5.25. The summed E-state index contributed by atoms with van der Waals surface area (Å²) in [7, 11) is 1.52. The third-order valence-electron chi connectivity index (χ3n) is 2.88. The van der Waals surface area contributed by atoms with Crippen molar-refractivity contribution in [3.8, 4) is 5.75 Å². The van der Waals surface area contributed by atoms with Gasteiger partial charge in [-0.05, 0) is 23.1 Å². The summed E-state index contributed by atoms with van der Waals surface area (Å²) in [6.45, 7) is 3.54. The number of hydrogen-bond donors (Lipinski definition) is 0. The first-order valence-electron chi connectivity index (χ1n) is 5.68. The van der Waals surface area contributed by atoms with Crippen LogP contribution in [-0.4, -0.2) is 16.9 Å². The third-order valence-corrected chi connectivity index (χ3v) is 2.88. The number of halogens is 2. The molecule has 0 unspecified atom stereocenters. The van der Waals surface area contributed by atoms with Gasteiger partial charge in [-0.2, -0.15) is 13.9 Å². The van der Waals surface area contributed by atoms with Crippen LogP contribution in [0.1, 0.15) is 32.9 Å². The average Bonchev–Trinajstić information content (AvgIpc) is 2.70. The van der Waals surface area contributed by atoms with Crippen LogP contribution in [0.25, 0.3) is 10.9 Å². The summed E-state index contributed by atoms with van der Waals surface area (Å²) in [5.74, 6) is 0.525. The fourth-order valence-corrected chi connectivity index (χ4v) is 1.81. The van der Waals surface area contributed by atoms with Crippen LogP contribution in [0, 0.1) is 0 Å². The largest absolute Gasteiger partial charge is 0.494 e. The number of hydrogen-bond acceptors (Lipinski definition) is 2. The van der Waals surface area contributed by atoms with Gasteiger partial charge in [0.15, 0.2) is 0 Å². The molecule has 0 saturated carbocycles. The molecule has 0 N–H and O–H groups in total. The van der Waals surface area contributed by atoms with E-state index in [0.717, 1.165) is 5.56 Å². The Hall–Kier alpha value is -1.65. The van der Waals surface area contributed by atoms with Crippen LogP contribution in [0.4, 0.5) is 8.78 Å². The molecule has 18 heavy (non-hydrogen) atoms. The SMILES string of the molecule is COc1cc(C(C)(C)C)cc2cn(C(F)F)nc12. The molecule has 0 aliphatic rings. The lowest BCUT2D eigenvalue weighted by Crippen LogP contribution is -2.11. The van der Waals surface area contributed by atoms with Gasteiger partial charge in [-0.25, -0.2) is 4.68 Å². The van der Waals surface area contributed by atoms with E-state index in [1.165, 1.54) is 13.3 Å². The molecule has 0 fully saturated rings. The first-order chi connectivity index (χ1) is 8.32. The van der Waals surface area contributed by atoms with Crippen molar-refractivity contribution in [1.82, 2.24) is 9.78 Å². The molecule has 1 heterocycles. The minimum atomic E-state index is -2.64. The van der Waals surface area contributed by atoms with E-state index in [0.29, 0.717) is 21.3 Å². The minimum absolute atomic E-state index is 0.0750. The van der Waals surface area contributed by atoms with Crippen molar-refractivity contribution < 1.29 is 13.5 Å². The van der Waals surface area contributed by atoms with Crippen molar-refractivity contribution in [3.05, 3.63) is 23.9 Å². The number of fused-ring (bicyclic) bond motifs is 1. The topological polar surface area (TPSA) is 27.1 Å². The Kier molecular flexibility index (Phi) is 3.00. The van der Waals surface area contributed by atoms with Gasteiger partial charge in [-0.15, -0.1) is 0 Å². The molecular weight excluding hydrogens is 238 g/mol. The van der Waals surface area contributed by atoms with E-state index in [1.807, 2.05) is 12.1 Å². The van der Waals surface area contributed by atoms with Gasteiger partial charge in [0, 0.05) is 11.6 Å². The maximum absolute atomic E-state index is 12.6. The standard InChI is InChI=1S/C13H16F2N2O/c1-13(2,3)9-5-8-7-17(12(14)15)16-11(8)10(6-9)18-4/h5-7,12H,1-4H3. The number of methoxy groups -OCH3 is 1. The summed E-state index contributed by atoms with van der Waals surface area (Å²) in [4.78, 5) is 0. The predicted octanol–water partition coefficient (Wildman–Crippen LogP) is 3.74. The van der Waals surface area contributed by atoms with Gasteiger partial charge < -0.3 is 4.74 Å². The predicted molar refractivity (Wildman–Crippen MR) is 66.2 cm³/mol. The van der Waals surface area contributed by atoms with Crippen LogP contribution in [0.2, 0.25) is 0 Å². The summed E-state index contributed by atoms with van der Waals surface area (Å²) in [5.41, 5.74) is 1.42. The highest BCUT2D eigenvalue weighted by atomic mass is 19.3. The zero-order valence-electron chi connectivity index (χ0n) is 10.9. The Labute approximate surface area is 104 Å². The summed E-state index contributed by atoms with van der Waals surface area (Å²) < 4.78 is 31.2. The van der Waals surface area contributed by atoms with Crippen LogP contribution in [-0.2, 0) is 5.41 Å². The van der Waals surface area contributed by atoms with E-state index in [9.17, 15) is 8.78 Å². The summed E-state index contributed by atoms with van der Waals surface area (Å²) in [6, 6.07) is 3.73. The first-order valence-corrected chi connectivity index (χ1v) is 5.68. The Morgan fingerprint density at radius 2 is 1.94 bits per heavy atom. The fourth-order valence-electron chi connectivity index (χ4n) is 1.81. The van der Waals surface area contributed by atoms with Crippen molar-refractivity contribution in [2.75, 3.05) is 7.11 Å². The van der Waals surface area contributed by atoms with E-state index in [1.54, 1.807) is 0 Å². The zero-order chi connectivity index (χ0) is 13.5. The summed E-state index contributed by atoms with van der Waals surface area (Å²) >= 11 is 0. The lowest BCUT2D eigenvalue weighted by atomic mass is 9.86. The molecule has 0 aliphatic carbocycles. The van der Waals surface area contributed by atoms with Gasteiger partial charge in [-0.1, -0.05) is 20.8 Å². The average molecular weight is 254 g/mol. The monoisotopic (exact) mass is 254 g/mol. The molecule has 0 amide bonds. The quantitative estimate of drug-likeness (QED) is 0.816. The maximum Gasteiger partial charge on any atom is 0.333 e. The molecule has 2 rings (SSSR count). The van der Waals surface area contributed by atoms with E-state index in [-0.39, 0.29) is 5.41 Å². The van der Waals surface area contributed by atoms with Crippen LogP contribution < -0.4 is 4.74 Å². The summed E-state index contributed by atoms with van der Waals surface area (Å²) in [5, 5.41) is 4.51. The van der Waals surface area contributed by atoms with Crippen molar-refractivity contribution in [2.45, 2.75) is 32.7 Å². The molecule has 0 aliphatic heterocycles. The zero-order valence-corrected chi connectivity index (χ0v) is 10.9. The van der Waals surface area contributed by atoms with Gasteiger partial charge in [0.05, 0.1) is 7.11 Å². The maximum atomic E-state index is 12.6. The Balaban J connectivity index is 2.68.